The maximum atomic E-state index is 12.2. The Kier molecular flexibility index (Phi) is 9.05. The van der Waals surface area contributed by atoms with E-state index in [0.717, 1.165) is 0 Å². The molecule has 0 unspecified atom stereocenters. The van der Waals surface area contributed by atoms with Gasteiger partial charge in [0.05, 0.1) is 14.2 Å². The maximum Gasteiger partial charge on any atom is 0.262 e. The molecular weight excluding hydrogens is 408 g/mol. The Balaban J connectivity index is 1.91. The van der Waals surface area contributed by atoms with Crippen LogP contribution in [0.2, 0.25) is 0 Å². The molecule has 162 valence electrons. The summed E-state index contributed by atoms with van der Waals surface area (Å²) in [4.78, 5) is 24.5. The molecule has 0 atom stereocenters. The summed E-state index contributed by atoms with van der Waals surface area (Å²) >= 11 is 0. The first-order valence-electron chi connectivity index (χ1n) is 9.58. The van der Waals surface area contributed by atoms with Gasteiger partial charge in [-0.05, 0) is 47.5 Å². The number of methoxy groups -OCH3 is 2. The van der Waals surface area contributed by atoms with E-state index in [4.69, 9.17) is 9.47 Å². The van der Waals surface area contributed by atoms with Gasteiger partial charge in [0.2, 0.25) is 0 Å². The van der Waals surface area contributed by atoms with E-state index in [1.165, 1.54) is 26.4 Å². The number of nitrogens with one attached hydrogen (secondary N) is 2. The van der Waals surface area contributed by atoms with Crippen LogP contribution in [0.1, 0.15) is 11.1 Å². The van der Waals surface area contributed by atoms with E-state index in [1.54, 1.807) is 48.5 Å². The van der Waals surface area contributed by atoms with Crippen LogP contribution in [0.3, 0.4) is 0 Å². The molecule has 0 bridgehead atoms. The Labute approximate surface area is 186 Å². The highest BCUT2D eigenvalue weighted by atomic mass is 16.5. The summed E-state index contributed by atoms with van der Waals surface area (Å²) in [5.41, 5.74) is 1.12. The van der Waals surface area contributed by atoms with Crippen molar-refractivity contribution in [2.24, 2.45) is 0 Å². The molecule has 0 aliphatic carbocycles. The first-order valence-corrected chi connectivity index (χ1v) is 9.58. The molecule has 8 nitrogen and oxygen atoms in total. The van der Waals surface area contributed by atoms with Crippen LogP contribution in [0, 0.1) is 22.7 Å². The van der Waals surface area contributed by atoms with Crippen molar-refractivity contribution in [1.29, 1.82) is 10.5 Å². The van der Waals surface area contributed by atoms with Crippen molar-refractivity contribution in [3.8, 4) is 23.6 Å². The molecule has 0 heterocycles. The predicted molar refractivity (Wildman–Crippen MR) is 119 cm³/mol. The smallest absolute Gasteiger partial charge is 0.262 e. The molecule has 0 aliphatic heterocycles. The van der Waals surface area contributed by atoms with E-state index in [1.807, 2.05) is 12.1 Å². The number of nitrogens with zero attached hydrogens (tertiary/aromatic N) is 2. The molecule has 0 fully saturated rings. The van der Waals surface area contributed by atoms with Crippen LogP contribution in [-0.2, 0) is 9.59 Å². The summed E-state index contributed by atoms with van der Waals surface area (Å²) in [6.45, 7) is 0.166. The second-order valence-electron chi connectivity index (χ2n) is 6.40. The fourth-order valence-electron chi connectivity index (χ4n) is 2.64. The van der Waals surface area contributed by atoms with Crippen molar-refractivity contribution in [2.75, 3.05) is 27.3 Å². The van der Waals surface area contributed by atoms with Crippen LogP contribution in [0.4, 0.5) is 0 Å². The summed E-state index contributed by atoms with van der Waals surface area (Å²) in [6.07, 6.45) is 2.89. The molecule has 2 aromatic rings. The molecule has 0 radical (unpaired) electrons. The second-order valence-corrected chi connectivity index (χ2v) is 6.40. The first-order chi connectivity index (χ1) is 15.5. The lowest BCUT2D eigenvalue weighted by atomic mass is 10.1. The van der Waals surface area contributed by atoms with Gasteiger partial charge < -0.3 is 20.1 Å². The molecule has 2 aromatic carbocycles. The molecule has 2 N–H and O–H groups in total. The summed E-state index contributed by atoms with van der Waals surface area (Å²) < 4.78 is 10.2. The van der Waals surface area contributed by atoms with Gasteiger partial charge in [-0.2, -0.15) is 10.5 Å². The average Bonchev–Trinajstić information content (AvgIpc) is 2.83. The molecule has 0 aromatic heterocycles. The zero-order valence-corrected chi connectivity index (χ0v) is 17.7. The van der Waals surface area contributed by atoms with E-state index in [2.05, 4.69) is 10.6 Å². The van der Waals surface area contributed by atoms with E-state index in [0.29, 0.717) is 22.6 Å². The SMILES string of the molecule is COc1cccc(/C=C(\C#N)C(=O)NCCNC(=O)/C(C#N)=C/c2cccc(OC)c2)c1. The van der Waals surface area contributed by atoms with Crippen molar-refractivity contribution in [2.45, 2.75) is 0 Å². The zero-order valence-electron chi connectivity index (χ0n) is 17.7. The number of benzene rings is 2. The van der Waals surface area contributed by atoms with Crippen LogP contribution < -0.4 is 20.1 Å². The number of amides is 2. The Hall–Kier alpha value is -4.56. The lowest BCUT2D eigenvalue weighted by molar-refractivity contribution is -0.118. The monoisotopic (exact) mass is 430 g/mol. The molecule has 0 aliphatic rings. The Morgan fingerprint density at radius 1 is 0.812 bits per heavy atom. The quantitative estimate of drug-likeness (QED) is 0.358. The fraction of sp³-hybridized carbons (Fsp3) is 0.167. The number of carbonyl (C=O) groups is 2. The molecule has 0 saturated carbocycles. The molecule has 2 amide bonds. The van der Waals surface area contributed by atoms with Gasteiger partial charge in [-0.15, -0.1) is 0 Å². The third-order valence-electron chi connectivity index (χ3n) is 4.24. The van der Waals surface area contributed by atoms with Gasteiger partial charge in [0.25, 0.3) is 11.8 Å². The lowest BCUT2D eigenvalue weighted by Gasteiger charge is -2.07. The Morgan fingerprint density at radius 2 is 1.22 bits per heavy atom. The molecular formula is C24H22N4O4. The topological polar surface area (TPSA) is 124 Å². The van der Waals surface area contributed by atoms with E-state index in [9.17, 15) is 20.1 Å². The highest BCUT2D eigenvalue weighted by Crippen LogP contribution is 2.16. The van der Waals surface area contributed by atoms with Gasteiger partial charge in [0.15, 0.2) is 0 Å². The van der Waals surface area contributed by atoms with E-state index < -0.39 is 11.8 Å². The summed E-state index contributed by atoms with van der Waals surface area (Å²) in [6, 6.07) is 17.6. The third kappa shape index (κ3) is 7.05. The van der Waals surface area contributed by atoms with Gasteiger partial charge >= 0.3 is 0 Å². The highest BCUT2D eigenvalue weighted by Gasteiger charge is 2.11. The maximum absolute atomic E-state index is 12.2. The lowest BCUT2D eigenvalue weighted by Crippen LogP contribution is -2.35. The minimum absolute atomic E-state index is 0.0829. The van der Waals surface area contributed by atoms with Crippen LogP contribution in [0.15, 0.2) is 59.7 Å². The number of rotatable bonds is 9. The number of ether oxygens (including phenoxy) is 2. The highest BCUT2D eigenvalue weighted by molar-refractivity contribution is 6.02. The van der Waals surface area contributed by atoms with Crippen molar-refractivity contribution >= 4 is 24.0 Å². The number of nitriles is 2. The second kappa shape index (κ2) is 12.2. The van der Waals surface area contributed by atoms with Gasteiger partial charge in [-0.25, -0.2) is 0 Å². The molecule has 0 saturated heterocycles. The number of carbonyl (C=O) groups excluding carboxylic acids is 2. The van der Waals surface area contributed by atoms with Gasteiger partial charge in [0, 0.05) is 13.1 Å². The van der Waals surface area contributed by atoms with Crippen LogP contribution in [0.5, 0.6) is 11.5 Å². The minimum Gasteiger partial charge on any atom is -0.497 e. The largest absolute Gasteiger partial charge is 0.497 e. The van der Waals surface area contributed by atoms with Gasteiger partial charge in [-0.3, -0.25) is 9.59 Å². The number of hydrogen-bond donors (Lipinski definition) is 2. The minimum atomic E-state index is -0.572. The van der Waals surface area contributed by atoms with E-state index in [-0.39, 0.29) is 24.2 Å². The van der Waals surface area contributed by atoms with Gasteiger partial charge in [0.1, 0.15) is 34.8 Å². The first kappa shape index (κ1) is 23.7. The Morgan fingerprint density at radius 3 is 1.56 bits per heavy atom. The number of hydrogen-bond acceptors (Lipinski definition) is 6. The normalized spacial score (nSPS) is 11.0. The van der Waals surface area contributed by atoms with Crippen molar-refractivity contribution in [1.82, 2.24) is 10.6 Å². The predicted octanol–water partition coefficient (Wildman–Crippen LogP) is 2.45. The zero-order chi connectivity index (χ0) is 23.3. The molecule has 32 heavy (non-hydrogen) atoms. The van der Waals surface area contributed by atoms with Gasteiger partial charge in [-0.1, -0.05) is 24.3 Å². The standard InChI is InChI=1S/C24H22N4O4/c1-31-21-7-3-5-17(13-21)11-19(15-25)23(29)27-9-10-28-24(30)20(16-26)12-18-6-4-8-22(14-18)32-2/h3-8,11-14H,9-10H2,1-2H3,(H,27,29)(H,28,30)/b19-11+,20-12+. The summed E-state index contributed by atoms with van der Waals surface area (Å²) in [5.74, 6) is 0.0675. The Bertz CT molecular complexity index is 1030. The third-order valence-corrected chi connectivity index (χ3v) is 4.24. The van der Waals surface area contributed by atoms with Crippen LogP contribution >= 0.6 is 0 Å². The molecule has 0 spiro atoms. The van der Waals surface area contributed by atoms with E-state index >= 15 is 0 Å². The van der Waals surface area contributed by atoms with Crippen molar-refractivity contribution in [3.05, 3.63) is 70.8 Å². The summed E-state index contributed by atoms with van der Waals surface area (Å²) in [5, 5.41) is 23.7. The van der Waals surface area contributed by atoms with Crippen molar-refractivity contribution in [3.63, 3.8) is 0 Å². The molecule has 2 rings (SSSR count). The summed E-state index contributed by atoms with van der Waals surface area (Å²) in [7, 11) is 3.05. The van der Waals surface area contributed by atoms with Crippen LogP contribution in [-0.4, -0.2) is 39.1 Å². The molecule has 8 heteroatoms. The average molecular weight is 430 g/mol. The van der Waals surface area contributed by atoms with Crippen molar-refractivity contribution < 1.29 is 19.1 Å². The fourth-order valence-corrected chi connectivity index (χ4v) is 2.64. The van der Waals surface area contributed by atoms with Crippen LogP contribution in [0.25, 0.3) is 12.2 Å².